The molecule has 1 N–H and O–H groups in total. The van der Waals surface area contributed by atoms with Gasteiger partial charge in [-0.1, -0.05) is 0 Å². The summed E-state index contributed by atoms with van der Waals surface area (Å²) in [6.07, 6.45) is 4.77. The largest absolute Gasteiger partial charge is 0.320 e. The number of hydrogen-bond acceptors (Lipinski definition) is 2. The van der Waals surface area contributed by atoms with Crippen LogP contribution in [0.25, 0.3) is 0 Å². The molecule has 2 saturated heterocycles. The Bertz CT molecular complexity index is 287. The van der Waals surface area contributed by atoms with Gasteiger partial charge in [0, 0.05) is 26.2 Å². The van der Waals surface area contributed by atoms with E-state index in [9.17, 15) is 4.79 Å². The van der Waals surface area contributed by atoms with Crippen molar-refractivity contribution in [3.63, 3.8) is 0 Å². The van der Waals surface area contributed by atoms with Gasteiger partial charge in [0.15, 0.2) is 0 Å². The zero-order valence-corrected chi connectivity index (χ0v) is 10.6. The van der Waals surface area contributed by atoms with E-state index in [0.29, 0.717) is 6.04 Å². The van der Waals surface area contributed by atoms with Crippen LogP contribution in [0.1, 0.15) is 25.7 Å². The van der Waals surface area contributed by atoms with E-state index in [4.69, 9.17) is 0 Å². The number of urea groups is 1. The lowest BCUT2D eigenvalue weighted by Gasteiger charge is -2.31. The first-order valence-corrected chi connectivity index (χ1v) is 5.98. The number of hydrogen-bond donors (Lipinski definition) is 1. The highest BCUT2D eigenvalue weighted by Crippen LogP contribution is 2.46. The topological polar surface area (TPSA) is 35.6 Å². The van der Waals surface area contributed by atoms with Crippen LogP contribution in [0.4, 0.5) is 4.79 Å². The Kier molecular flexibility index (Phi) is 3.05. The van der Waals surface area contributed by atoms with Gasteiger partial charge >= 0.3 is 6.03 Å². The van der Waals surface area contributed by atoms with Crippen LogP contribution in [-0.4, -0.2) is 54.1 Å². The standard InChI is InChI=1S/C11H19N3O.ClH/c1-13-10(15)14(8-11(13)4-5-11)9-3-2-6-12-7-9;/h9,12H,2-8H2,1H3;1H. The van der Waals surface area contributed by atoms with Crippen LogP contribution in [-0.2, 0) is 0 Å². The number of halogens is 1. The van der Waals surface area contributed by atoms with Crippen LogP contribution in [0.5, 0.6) is 0 Å². The van der Waals surface area contributed by atoms with Gasteiger partial charge in [0.2, 0.25) is 0 Å². The van der Waals surface area contributed by atoms with Crippen molar-refractivity contribution in [3.05, 3.63) is 0 Å². The summed E-state index contributed by atoms with van der Waals surface area (Å²) >= 11 is 0. The first-order chi connectivity index (χ1) is 7.23. The zero-order chi connectivity index (χ0) is 10.5. The molecular formula is C11H20ClN3O. The van der Waals surface area contributed by atoms with Crippen molar-refractivity contribution in [2.45, 2.75) is 37.3 Å². The van der Waals surface area contributed by atoms with Crippen LogP contribution in [0.2, 0.25) is 0 Å². The minimum atomic E-state index is 0. The summed E-state index contributed by atoms with van der Waals surface area (Å²) in [5, 5.41) is 3.38. The van der Waals surface area contributed by atoms with Gasteiger partial charge in [-0.2, -0.15) is 0 Å². The molecule has 3 aliphatic rings. The normalized spacial score (nSPS) is 31.8. The first kappa shape index (κ1) is 12.0. The van der Waals surface area contributed by atoms with Crippen LogP contribution in [0.15, 0.2) is 0 Å². The molecule has 1 spiro atoms. The fourth-order valence-electron chi connectivity index (χ4n) is 2.91. The second kappa shape index (κ2) is 4.08. The van der Waals surface area contributed by atoms with Gasteiger partial charge < -0.3 is 15.1 Å². The molecule has 16 heavy (non-hydrogen) atoms. The molecule has 5 heteroatoms. The second-order valence-electron chi connectivity index (χ2n) is 5.19. The van der Waals surface area contributed by atoms with Crippen molar-refractivity contribution in [2.75, 3.05) is 26.7 Å². The number of nitrogens with one attached hydrogen (secondary N) is 1. The van der Waals surface area contributed by atoms with Gasteiger partial charge in [0.05, 0.1) is 5.54 Å². The Morgan fingerprint density at radius 1 is 1.44 bits per heavy atom. The summed E-state index contributed by atoms with van der Waals surface area (Å²) < 4.78 is 0. The minimum absolute atomic E-state index is 0. The molecule has 0 radical (unpaired) electrons. The summed E-state index contributed by atoms with van der Waals surface area (Å²) in [5.74, 6) is 0. The van der Waals surface area contributed by atoms with Crippen molar-refractivity contribution < 1.29 is 4.79 Å². The number of carbonyl (C=O) groups excluding carboxylic acids is 1. The number of rotatable bonds is 1. The third kappa shape index (κ3) is 1.68. The van der Waals surface area contributed by atoms with E-state index in [1.807, 2.05) is 11.9 Å². The molecule has 3 fully saturated rings. The monoisotopic (exact) mass is 245 g/mol. The molecule has 0 aromatic rings. The first-order valence-electron chi connectivity index (χ1n) is 5.98. The predicted molar refractivity (Wildman–Crippen MR) is 65.0 cm³/mol. The highest BCUT2D eigenvalue weighted by atomic mass is 35.5. The number of likely N-dealkylation sites (N-methyl/N-ethyl adjacent to an activating group) is 1. The fraction of sp³-hybridized carbons (Fsp3) is 0.909. The highest BCUT2D eigenvalue weighted by molar-refractivity contribution is 5.85. The lowest BCUT2D eigenvalue weighted by Crippen LogP contribution is -2.47. The van der Waals surface area contributed by atoms with Crippen molar-refractivity contribution in [1.82, 2.24) is 15.1 Å². The van der Waals surface area contributed by atoms with E-state index >= 15 is 0 Å². The predicted octanol–water partition coefficient (Wildman–Crippen LogP) is 1.06. The summed E-state index contributed by atoms with van der Waals surface area (Å²) in [4.78, 5) is 16.2. The molecule has 1 atom stereocenters. The van der Waals surface area contributed by atoms with Crippen LogP contribution in [0.3, 0.4) is 0 Å². The van der Waals surface area contributed by atoms with Gasteiger partial charge in [-0.3, -0.25) is 0 Å². The lowest BCUT2D eigenvalue weighted by molar-refractivity contribution is 0.171. The Labute approximate surface area is 103 Å². The minimum Gasteiger partial charge on any atom is -0.320 e. The van der Waals surface area contributed by atoms with Crippen molar-refractivity contribution >= 4 is 18.4 Å². The second-order valence-corrected chi connectivity index (χ2v) is 5.19. The number of amides is 2. The molecular weight excluding hydrogens is 226 g/mol. The van der Waals surface area contributed by atoms with Crippen LogP contribution >= 0.6 is 12.4 Å². The fourth-order valence-corrected chi connectivity index (χ4v) is 2.91. The maximum atomic E-state index is 12.1. The average Bonchev–Trinajstić information content (AvgIpc) is 3.01. The molecule has 4 nitrogen and oxygen atoms in total. The van der Waals surface area contributed by atoms with E-state index < -0.39 is 0 Å². The third-order valence-electron chi connectivity index (χ3n) is 4.25. The van der Waals surface area contributed by atoms with E-state index in [2.05, 4.69) is 10.2 Å². The molecule has 92 valence electrons. The maximum absolute atomic E-state index is 12.1. The SMILES string of the molecule is CN1C(=O)N(C2CCCNC2)CC12CC2.Cl. The molecule has 0 aromatic heterocycles. The molecule has 2 amide bonds. The summed E-state index contributed by atoms with van der Waals surface area (Å²) in [7, 11) is 1.96. The quantitative estimate of drug-likeness (QED) is 0.750. The Balaban J connectivity index is 0.000000963. The zero-order valence-electron chi connectivity index (χ0n) is 9.74. The summed E-state index contributed by atoms with van der Waals surface area (Å²) in [5.41, 5.74) is 0.231. The molecule has 2 aliphatic heterocycles. The van der Waals surface area contributed by atoms with E-state index in [1.165, 1.54) is 25.7 Å². The van der Waals surface area contributed by atoms with Gasteiger partial charge in [0.1, 0.15) is 0 Å². The molecule has 1 aliphatic carbocycles. The Hall–Kier alpha value is -0.480. The summed E-state index contributed by atoms with van der Waals surface area (Å²) in [6, 6.07) is 0.690. The van der Waals surface area contributed by atoms with E-state index in [0.717, 1.165) is 19.6 Å². The van der Waals surface area contributed by atoms with Crippen molar-refractivity contribution in [1.29, 1.82) is 0 Å². The number of piperidine rings is 1. The van der Waals surface area contributed by atoms with Gasteiger partial charge in [-0.05, 0) is 32.2 Å². The van der Waals surface area contributed by atoms with Gasteiger partial charge in [0.25, 0.3) is 0 Å². The molecule has 0 aromatic carbocycles. The Morgan fingerprint density at radius 2 is 2.19 bits per heavy atom. The molecule has 2 heterocycles. The van der Waals surface area contributed by atoms with Crippen LogP contribution < -0.4 is 5.32 Å². The van der Waals surface area contributed by atoms with E-state index in [1.54, 1.807) is 0 Å². The van der Waals surface area contributed by atoms with Crippen molar-refractivity contribution in [2.24, 2.45) is 0 Å². The van der Waals surface area contributed by atoms with E-state index in [-0.39, 0.29) is 24.0 Å². The average molecular weight is 246 g/mol. The lowest BCUT2D eigenvalue weighted by atomic mass is 10.1. The maximum Gasteiger partial charge on any atom is 0.320 e. The Morgan fingerprint density at radius 3 is 2.69 bits per heavy atom. The van der Waals surface area contributed by atoms with Crippen molar-refractivity contribution in [3.8, 4) is 0 Å². The van der Waals surface area contributed by atoms with Crippen LogP contribution in [0, 0.1) is 0 Å². The molecule has 1 saturated carbocycles. The third-order valence-corrected chi connectivity index (χ3v) is 4.25. The number of carbonyl (C=O) groups is 1. The smallest absolute Gasteiger partial charge is 0.320 e. The summed E-state index contributed by atoms with van der Waals surface area (Å²) in [6.45, 7) is 3.06. The number of nitrogens with zero attached hydrogens (tertiary/aromatic N) is 2. The molecule has 3 rings (SSSR count). The van der Waals surface area contributed by atoms with Gasteiger partial charge in [-0.15, -0.1) is 12.4 Å². The van der Waals surface area contributed by atoms with Gasteiger partial charge in [-0.25, -0.2) is 4.79 Å². The molecule has 0 bridgehead atoms. The molecule has 1 unspecified atom stereocenters. The highest BCUT2D eigenvalue weighted by Gasteiger charge is 2.56.